The third-order valence-corrected chi connectivity index (χ3v) is 11.6. The average molecular weight is 709 g/mol. The van der Waals surface area contributed by atoms with Gasteiger partial charge in [-0.05, 0) is 128 Å². The van der Waals surface area contributed by atoms with Crippen molar-refractivity contribution < 1.29 is 0 Å². The maximum Gasteiger partial charge on any atom is -0.00141 e. The summed E-state index contributed by atoms with van der Waals surface area (Å²) in [4.78, 5) is 0. The van der Waals surface area contributed by atoms with Gasteiger partial charge in [0.05, 0.1) is 0 Å². The van der Waals surface area contributed by atoms with E-state index in [-0.39, 0.29) is 0 Å². The van der Waals surface area contributed by atoms with Gasteiger partial charge in [0.1, 0.15) is 0 Å². The second-order valence-corrected chi connectivity index (χ2v) is 14.8. The predicted molar refractivity (Wildman–Crippen MR) is 240 cm³/mol. The minimum atomic E-state index is 1.21. The highest BCUT2D eigenvalue weighted by Gasteiger charge is 2.21. The van der Waals surface area contributed by atoms with Crippen LogP contribution < -0.4 is 0 Å². The predicted octanol–water partition coefficient (Wildman–Crippen LogP) is 15.7. The van der Waals surface area contributed by atoms with E-state index in [1.807, 2.05) is 0 Å². The lowest BCUT2D eigenvalue weighted by Gasteiger charge is -2.21. The first-order valence-electron chi connectivity index (χ1n) is 19.4. The summed E-state index contributed by atoms with van der Waals surface area (Å²) < 4.78 is 0. The van der Waals surface area contributed by atoms with Crippen molar-refractivity contribution in [1.82, 2.24) is 0 Å². The minimum absolute atomic E-state index is 1.21. The minimum Gasteiger partial charge on any atom is -0.0622 e. The molecule has 0 saturated carbocycles. The van der Waals surface area contributed by atoms with E-state index in [2.05, 4.69) is 218 Å². The Morgan fingerprint density at radius 1 is 0.179 bits per heavy atom. The normalized spacial score (nSPS) is 11.6. The summed E-state index contributed by atoms with van der Waals surface area (Å²) in [5, 5.41) is 10.2. The molecular weight excluding hydrogens is 673 g/mol. The molecule has 260 valence electrons. The van der Waals surface area contributed by atoms with E-state index >= 15 is 0 Å². The van der Waals surface area contributed by atoms with Crippen LogP contribution in [0.25, 0.3) is 110 Å². The number of rotatable bonds is 6. The summed E-state index contributed by atoms with van der Waals surface area (Å²) in [5.74, 6) is 0. The molecule has 0 aliphatic carbocycles. The van der Waals surface area contributed by atoms with Gasteiger partial charge in [-0.3, -0.25) is 0 Å². The Hall–Kier alpha value is -7.28. The molecule has 11 aromatic carbocycles. The standard InChI is InChI=1S/C56H36/c1-3-15-38(16-4-1)45-22-9-11-24-47(45)49-30-28-40-29-31-52-54(48-25-12-10-23-46(48)39-17-5-2-6-18-39)36-53(51-33-32-50(49)55(40)56(51)52)44-21-13-20-42(35-44)43-27-26-37-14-7-8-19-41(37)34-43/h1-36H. The highest BCUT2D eigenvalue weighted by atomic mass is 14.2. The van der Waals surface area contributed by atoms with Crippen LogP contribution in [0.1, 0.15) is 0 Å². The first-order valence-corrected chi connectivity index (χ1v) is 19.4. The van der Waals surface area contributed by atoms with Gasteiger partial charge in [0.25, 0.3) is 0 Å². The highest BCUT2D eigenvalue weighted by molar-refractivity contribution is 6.30. The summed E-state index contributed by atoms with van der Waals surface area (Å²) in [7, 11) is 0. The van der Waals surface area contributed by atoms with Crippen molar-refractivity contribution in [3.63, 3.8) is 0 Å². The SMILES string of the molecule is c1ccc(-c2ccccc2-c2ccc3ccc4c(-c5ccccc5-c5ccccc5)cc(-c5cccc(-c6ccc7ccccc7c6)c5)c5ccc2c3c54)cc1. The van der Waals surface area contributed by atoms with Crippen molar-refractivity contribution in [3.05, 3.63) is 218 Å². The number of fused-ring (bicyclic) bond motifs is 1. The van der Waals surface area contributed by atoms with Crippen LogP contribution >= 0.6 is 0 Å². The molecule has 56 heavy (non-hydrogen) atoms. The molecule has 0 bridgehead atoms. The lowest BCUT2D eigenvalue weighted by molar-refractivity contribution is 1.59. The molecule has 11 rings (SSSR count). The molecule has 0 unspecified atom stereocenters. The maximum atomic E-state index is 2.45. The summed E-state index contributed by atoms with van der Waals surface area (Å²) in [6.45, 7) is 0. The Kier molecular flexibility index (Phi) is 7.60. The molecule has 0 aliphatic rings. The van der Waals surface area contributed by atoms with Crippen LogP contribution in [0.2, 0.25) is 0 Å². The Morgan fingerprint density at radius 3 is 1.38 bits per heavy atom. The fourth-order valence-corrected chi connectivity index (χ4v) is 9.00. The third-order valence-electron chi connectivity index (χ3n) is 11.6. The summed E-state index contributed by atoms with van der Waals surface area (Å²) >= 11 is 0. The van der Waals surface area contributed by atoms with Crippen molar-refractivity contribution in [2.45, 2.75) is 0 Å². The van der Waals surface area contributed by atoms with E-state index in [0.717, 1.165) is 0 Å². The topological polar surface area (TPSA) is 0 Å². The summed E-state index contributed by atoms with van der Waals surface area (Å²) in [6, 6.07) is 80.4. The molecule has 0 spiro atoms. The maximum absolute atomic E-state index is 2.45. The Labute approximate surface area is 326 Å². The van der Waals surface area contributed by atoms with Crippen LogP contribution in [0.3, 0.4) is 0 Å². The molecule has 0 fully saturated rings. The van der Waals surface area contributed by atoms with E-state index in [4.69, 9.17) is 0 Å². The molecule has 0 saturated heterocycles. The Bertz CT molecular complexity index is 3230. The van der Waals surface area contributed by atoms with Crippen molar-refractivity contribution in [2.24, 2.45) is 0 Å². The molecule has 0 heterocycles. The molecule has 0 aliphatic heterocycles. The molecule has 0 N–H and O–H groups in total. The van der Waals surface area contributed by atoms with Crippen molar-refractivity contribution in [3.8, 4) is 66.8 Å². The summed E-state index contributed by atoms with van der Waals surface area (Å²) in [5.41, 5.74) is 14.8. The largest absolute Gasteiger partial charge is 0.0622 e. The van der Waals surface area contributed by atoms with Gasteiger partial charge < -0.3 is 0 Å². The fourth-order valence-electron chi connectivity index (χ4n) is 9.00. The third kappa shape index (κ3) is 5.30. The van der Waals surface area contributed by atoms with E-state index in [9.17, 15) is 0 Å². The number of benzene rings is 11. The molecule has 0 radical (unpaired) electrons. The van der Waals surface area contributed by atoms with Crippen LogP contribution in [0, 0.1) is 0 Å². The molecule has 0 atom stereocenters. The molecular formula is C56H36. The van der Waals surface area contributed by atoms with Crippen LogP contribution in [0.5, 0.6) is 0 Å². The van der Waals surface area contributed by atoms with Gasteiger partial charge >= 0.3 is 0 Å². The molecule has 0 nitrogen and oxygen atoms in total. The van der Waals surface area contributed by atoms with Gasteiger partial charge in [0.2, 0.25) is 0 Å². The zero-order valence-electron chi connectivity index (χ0n) is 30.8. The van der Waals surface area contributed by atoms with Crippen molar-refractivity contribution >= 4 is 43.1 Å². The average Bonchev–Trinajstić information content (AvgIpc) is 3.28. The van der Waals surface area contributed by atoms with Gasteiger partial charge in [-0.15, -0.1) is 0 Å². The first kappa shape index (κ1) is 32.2. The van der Waals surface area contributed by atoms with Crippen LogP contribution in [-0.4, -0.2) is 0 Å². The smallest absolute Gasteiger partial charge is 0.00141 e. The van der Waals surface area contributed by atoms with Gasteiger partial charge in [-0.2, -0.15) is 0 Å². The highest BCUT2D eigenvalue weighted by Crippen LogP contribution is 2.48. The van der Waals surface area contributed by atoms with Gasteiger partial charge in [-0.1, -0.05) is 200 Å². The Morgan fingerprint density at radius 2 is 0.661 bits per heavy atom. The Balaban J connectivity index is 1.21. The zero-order valence-corrected chi connectivity index (χ0v) is 30.8. The number of hydrogen-bond donors (Lipinski definition) is 0. The monoisotopic (exact) mass is 708 g/mol. The van der Waals surface area contributed by atoms with Gasteiger partial charge in [0, 0.05) is 0 Å². The fraction of sp³-hybridized carbons (Fsp3) is 0. The van der Waals surface area contributed by atoms with Gasteiger partial charge in [-0.25, -0.2) is 0 Å². The second-order valence-electron chi connectivity index (χ2n) is 14.8. The zero-order chi connectivity index (χ0) is 37.0. The van der Waals surface area contributed by atoms with Crippen LogP contribution in [-0.2, 0) is 0 Å². The molecule has 0 amide bonds. The van der Waals surface area contributed by atoms with Crippen LogP contribution in [0.15, 0.2) is 218 Å². The van der Waals surface area contributed by atoms with E-state index in [1.54, 1.807) is 0 Å². The van der Waals surface area contributed by atoms with Crippen molar-refractivity contribution in [2.75, 3.05) is 0 Å². The van der Waals surface area contributed by atoms with Crippen molar-refractivity contribution in [1.29, 1.82) is 0 Å². The van der Waals surface area contributed by atoms with Crippen LogP contribution in [0.4, 0.5) is 0 Å². The lowest BCUT2D eigenvalue weighted by atomic mass is 9.82. The van der Waals surface area contributed by atoms with E-state index in [1.165, 1.54) is 110 Å². The first-order chi connectivity index (χ1) is 27.8. The summed E-state index contributed by atoms with van der Waals surface area (Å²) in [6.07, 6.45) is 0. The lowest BCUT2D eigenvalue weighted by Crippen LogP contribution is -1.94. The molecule has 11 aromatic rings. The second kappa shape index (κ2) is 13.2. The number of hydrogen-bond acceptors (Lipinski definition) is 0. The van der Waals surface area contributed by atoms with Gasteiger partial charge in [0.15, 0.2) is 0 Å². The van der Waals surface area contributed by atoms with E-state index < -0.39 is 0 Å². The van der Waals surface area contributed by atoms with E-state index in [0.29, 0.717) is 0 Å². The molecule has 0 heteroatoms. The molecule has 0 aromatic heterocycles. The quantitative estimate of drug-likeness (QED) is 0.151.